The van der Waals surface area contributed by atoms with E-state index in [9.17, 15) is 14.0 Å². The average Bonchev–Trinajstić information content (AvgIpc) is 3.41. The van der Waals surface area contributed by atoms with Crippen LogP contribution in [-0.2, 0) is 16.1 Å². The van der Waals surface area contributed by atoms with Gasteiger partial charge in [-0.05, 0) is 54.5 Å². The van der Waals surface area contributed by atoms with Gasteiger partial charge in [-0.1, -0.05) is 78.1 Å². The fourth-order valence-electron chi connectivity index (χ4n) is 5.40. The Kier molecular flexibility index (Phi) is 9.30. The molecule has 0 aliphatic carbocycles. The number of nitrogens with zero attached hydrogens (tertiary/aromatic N) is 2. The molecule has 1 aromatic heterocycles. The van der Waals surface area contributed by atoms with Crippen LogP contribution in [0.15, 0.2) is 112 Å². The van der Waals surface area contributed by atoms with Crippen LogP contribution < -0.4 is 29.1 Å². The summed E-state index contributed by atoms with van der Waals surface area (Å²) < 4.78 is 38.5. The second-order valence-electron chi connectivity index (χ2n) is 10.5. The molecular formula is C37H31FN2O6S. The molecule has 0 fully saturated rings. The maximum absolute atomic E-state index is 14.3. The Bertz CT molecular complexity index is 2160. The summed E-state index contributed by atoms with van der Waals surface area (Å²) in [6.45, 7) is 1.93. The normalized spacial score (nSPS) is 14.3. The molecule has 1 aliphatic heterocycles. The number of carbonyl (C=O) groups is 1. The fraction of sp³-hybridized carbons (Fsp3) is 0.162. The molecule has 238 valence electrons. The van der Waals surface area contributed by atoms with Crippen molar-refractivity contribution in [3.63, 3.8) is 0 Å². The Morgan fingerprint density at radius 2 is 1.70 bits per heavy atom. The molecule has 1 aliphatic rings. The average molecular weight is 651 g/mol. The van der Waals surface area contributed by atoms with Gasteiger partial charge in [-0.15, -0.1) is 0 Å². The number of fused-ring (bicyclic) bond motifs is 1. The van der Waals surface area contributed by atoms with Gasteiger partial charge in [-0.3, -0.25) is 9.36 Å². The van der Waals surface area contributed by atoms with E-state index >= 15 is 0 Å². The third kappa shape index (κ3) is 6.45. The van der Waals surface area contributed by atoms with Crippen LogP contribution in [0, 0.1) is 5.82 Å². The van der Waals surface area contributed by atoms with Crippen LogP contribution in [0.1, 0.15) is 35.2 Å². The molecule has 47 heavy (non-hydrogen) atoms. The van der Waals surface area contributed by atoms with Gasteiger partial charge in [-0.2, -0.15) is 0 Å². The monoisotopic (exact) mass is 650 g/mol. The number of ether oxygens (including phenoxy) is 4. The summed E-state index contributed by atoms with van der Waals surface area (Å²) in [6.07, 6.45) is 1.75. The van der Waals surface area contributed by atoms with Crippen LogP contribution in [0.4, 0.5) is 4.39 Å². The third-order valence-corrected chi connectivity index (χ3v) is 8.59. The maximum Gasteiger partial charge on any atom is 0.338 e. The standard InChI is InChI=1S/C37H31FN2O6S/c1-4-45-36(42)32-33(24-12-6-5-7-13-24)39-37-40(34(32)25-17-18-29(43-2)30(21-25)44-3)35(41)31(47-37)20-23-11-10-15-27(19-23)46-22-26-14-8-9-16-28(26)38/h5-21,34H,4,22H2,1-3H3/b31-20-/t34-/m1/s1. The van der Waals surface area contributed by atoms with Gasteiger partial charge in [0.25, 0.3) is 5.56 Å². The van der Waals surface area contributed by atoms with E-state index in [-0.39, 0.29) is 30.2 Å². The number of carbonyl (C=O) groups excluding carboxylic acids is 1. The van der Waals surface area contributed by atoms with Gasteiger partial charge in [0.2, 0.25) is 0 Å². The second-order valence-corrected chi connectivity index (χ2v) is 11.5. The van der Waals surface area contributed by atoms with Crippen molar-refractivity contribution in [3.05, 3.63) is 150 Å². The summed E-state index contributed by atoms with van der Waals surface area (Å²) >= 11 is 1.21. The number of rotatable bonds is 10. The Morgan fingerprint density at radius 3 is 2.45 bits per heavy atom. The zero-order valence-electron chi connectivity index (χ0n) is 25.9. The van der Waals surface area contributed by atoms with E-state index < -0.39 is 12.0 Å². The number of thiazole rings is 1. The van der Waals surface area contributed by atoms with Crippen LogP contribution in [0.3, 0.4) is 0 Å². The molecule has 0 bridgehead atoms. The van der Waals surface area contributed by atoms with Crippen molar-refractivity contribution >= 4 is 29.1 Å². The zero-order valence-corrected chi connectivity index (χ0v) is 26.8. The molecular weight excluding hydrogens is 619 g/mol. The summed E-state index contributed by atoms with van der Waals surface area (Å²) in [6, 6.07) is 27.4. The molecule has 2 heterocycles. The first-order chi connectivity index (χ1) is 22.9. The van der Waals surface area contributed by atoms with Gasteiger partial charge in [0.05, 0.1) is 42.7 Å². The van der Waals surface area contributed by atoms with Crippen LogP contribution in [0.2, 0.25) is 0 Å². The van der Waals surface area contributed by atoms with E-state index in [1.54, 1.807) is 67.6 Å². The minimum atomic E-state index is -0.877. The van der Waals surface area contributed by atoms with Gasteiger partial charge in [0.15, 0.2) is 16.3 Å². The van der Waals surface area contributed by atoms with Crippen LogP contribution in [0.25, 0.3) is 11.8 Å². The largest absolute Gasteiger partial charge is 0.493 e. The van der Waals surface area contributed by atoms with Crippen molar-refractivity contribution < 1.29 is 28.1 Å². The molecule has 10 heteroatoms. The van der Waals surface area contributed by atoms with E-state index in [0.29, 0.717) is 54.5 Å². The molecule has 6 rings (SSSR count). The lowest BCUT2D eigenvalue weighted by atomic mass is 9.93. The molecule has 5 aromatic rings. The molecule has 0 saturated carbocycles. The molecule has 0 N–H and O–H groups in total. The van der Waals surface area contributed by atoms with Crippen LogP contribution in [-0.4, -0.2) is 31.4 Å². The molecule has 8 nitrogen and oxygen atoms in total. The lowest BCUT2D eigenvalue weighted by Crippen LogP contribution is -2.40. The van der Waals surface area contributed by atoms with Crippen molar-refractivity contribution in [1.29, 1.82) is 0 Å². The number of esters is 1. The van der Waals surface area contributed by atoms with Crippen molar-refractivity contribution in [2.45, 2.75) is 19.6 Å². The SMILES string of the molecule is CCOC(=O)C1=C(c2ccccc2)N=c2s/c(=C\c3cccc(OCc4ccccc4F)c3)c(=O)n2[C@@H]1c1ccc(OC)c(OC)c1. The van der Waals surface area contributed by atoms with E-state index in [0.717, 1.165) is 0 Å². The summed E-state index contributed by atoms with van der Waals surface area (Å²) in [5.74, 6) is 0.551. The third-order valence-electron chi connectivity index (χ3n) is 7.61. The molecule has 1 atom stereocenters. The number of halogens is 1. The second kappa shape index (κ2) is 13.9. The Morgan fingerprint density at radius 1 is 0.936 bits per heavy atom. The number of benzene rings is 4. The fourth-order valence-corrected chi connectivity index (χ4v) is 6.40. The summed E-state index contributed by atoms with van der Waals surface area (Å²) in [5, 5.41) is 0. The van der Waals surface area contributed by atoms with Gasteiger partial charge >= 0.3 is 5.97 Å². The van der Waals surface area contributed by atoms with E-state index in [4.69, 9.17) is 23.9 Å². The Hall–Kier alpha value is -5.48. The number of aromatic nitrogens is 1. The first-order valence-electron chi connectivity index (χ1n) is 14.9. The quantitative estimate of drug-likeness (QED) is 0.181. The first kappa shape index (κ1) is 31.5. The lowest BCUT2D eigenvalue weighted by molar-refractivity contribution is -0.138. The van der Waals surface area contributed by atoms with Crippen LogP contribution >= 0.6 is 11.3 Å². The minimum absolute atomic E-state index is 0.0581. The zero-order chi connectivity index (χ0) is 32.9. The van der Waals surface area contributed by atoms with Gasteiger partial charge in [-0.25, -0.2) is 14.2 Å². The van der Waals surface area contributed by atoms with Gasteiger partial charge in [0.1, 0.15) is 18.2 Å². The van der Waals surface area contributed by atoms with Gasteiger partial charge < -0.3 is 18.9 Å². The smallest absolute Gasteiger partial charge is 0.338 e. The highest BCUT2D eigenvalue weighted by atomic mass is 32.1. The number of hydrogen-bond acceptors (Lipinski definition) is 8. The van der Waals surface area contributed by atoms with E-state index in [1.165, 1.54) is 36.2 Å². The van der Waals surface area contributed by atoms with E-state index in [2.05, 4.69) is 0 Å². The summed E-state index contributed by atoms with van der Waals surface area (Å²) in [7, 11) is 3.07. The highest BCUT2D eigenvalue weighted by Crippen LogP contribution is 2.38. The molecule has 0 amide bonds. The molecule has 4 aromatic carbocycles. The molecule has 0 radical (unpaired) electrons. The van der Waals surface area contributed by atoms with Crippen molar-refractivity contribution in [3.8, 4) is 17.2 Å². The first-order valence-corrected chi connectivity index (χ1v) is 15.7. The lowest BCUT2D eigenvalue weighted by Gasteiger charge is -2.26. The molecule has 0 unspecified atom stereocenters. The highest BCUT2D eigenvalue weighted by Gasteiger charge is 2.35. The summed E-state index contributed by atoms with van der Waals surface area (Å²) in [4.78, 5) is 33.3. The van der Waals surface area contributed by atoms with Gasteiger partial charge in [0, 0.05) is 11.1 Å². The van der Waals surface area contributed by atoms with Crippen LogP contribution in [0.5, 0.6) is 17.2 Å². The number of hydrogen-bond donors (Lipinski definition) is 0. The van der Waals surface area contributed by atoms with Crippen molar-refractivity contribution in [1.82, 2.24) is 4.57 Å². The maximum atomic E-state index is 14.3. The summed E-state index contributed by atoms with van der Waals surface area (Å²) in [5.41, 5.74) is 2.78. The Balaban J connectivity index is 1.51. The topological polar surface area (TPSA) is 88.4 Å². The predicted octanol–water partition coefficient (Wildman–Crippen LogP) is 5.67. The minimum Gasteiger partial charge on any atom is -0.493 e. The number of methoxy groups -OCH3 is 2. The molecule has 0 spiro atoms. The Labute approximate surface area is 274 Å². The molecule has 0 saturated heterocycles. The van der Waals surface area contributed by atoms with Crippen molar-refractivity contribution in [2.24, 2.45) is 4.99 Å². The van der Waals surface area contributed by atoms with Crippen molar-refractivity contribution in [2.75, 3.05) is 20.8 Å². The highest BCUT2D eigenvalue weighted by molar-refractivity contribution is 7.07. The predicted molar refractivity (Wildman–Crippen MR) is 178 cm³/mol. The van der Waals surface area contributed by atoms with E-state index in [1.807, 2.05) is 36.4 Å².